The highest BCUT2D eigenvalue weighted by atomic mass is 35.5. The van der Waals surface area contributed by atoms with Crippen LogP contribution in [0.1, 0.15) is 4.88 Å². The Morgan fingerprint density at radius 2 is 2.15 bits per heavy atom. The molecule has 0 atom stereocenters. The number of carbonyl (C=O) groups is 2. The lowest BCUT2D eigenvalue weighted by molar-refractivity contribution is -0.139. The zero-order chi connectivity index (χ0) is 15.1. The Labute approximate surface area is 127 Å². The van der Waals surface area contributed by atoms with Gasteiger partial charge in [-0.05, 0) is 12.1 Å². The standard InChI is InChI=1S/C13H17ClN2O3S/c1-3-6-16(9-13(18)19)8-12(17)15(2)7-10-4-5-11(14)20-10/h3-5H,1,6-9H2,2H3,(H,18,19). The van der Waals surface area contributed by atoms with E-state index in [0.717, 1.165) is 4.88 Å². The van der Waals surface area contributed by atoms with Crippen molar-refractivity contribution in [3.05, 3.63) is 34.0 Å². The number of aliphatic carboxylic acids is 1. The number of hydrogen-bond donors (Lipinski definition) is 1. The molecule has 0 saturated heterocycles. The van der Waals surface area contributed by atoms with Gasteiger partial charge in [0.05, 0.1) is 24.0 Å². The molecule has 0 unspecified atom stereocenters. The largest absolute Gasteiger partial charge is 0.480 e. The third-order valence-corrected chi connectivity index (χ3v) is 3.77. The molecular formula is C13H17ClN2O3S. The lowest BCUT2D eigenvalue weighted by Gasteiger charge is -2.22. The molecule has 0 fully saturated rings. The molecule has 1 aromatic rings. The Kier molecular flexibility index (Phi) is 6.70. The van der Waals surface area contributed by atoms with Crippen LogP contribution < -0.4 is 0 Å². The molecule has 0 spiro atoms. The Balaban J connectivity index is 2.54. The fraction of sp³-hybridized carbons (Fsp3) is 0.385. The normalized spacial score (nSPS) is 10.6. The molecule has 20 heavy (non-hydrogen) atoms. The molecule has 1 aromatic heterocycles. The molecular weight excluding hydrogens is 300 g/mol. The summed E-state index contributed by atoms with van der Waals surface area (Å²) in [4.78, 5) is 26.8. The average Bonchev–Trinajstić information content (AvgIpc) is 2.74. The first-order chi connectivity index (χ1) is 9.42. The topological polar surface area (TPSA) is 60.9 Å². The fourth-order valence-electron chi connectivity index (χ4n) is 1.63. The first kappa shape index (κ1) is 16.7. The summed E-state index contributed by atoms with van der Waals surface area (Å²) >= 11 is 7.26. The van der Waals surface area contributed by atoms with E-state index in [1.165, 1.54) is 16.2 Å². The lowest BCUT2D eigenvalue weighted by atomic mass is 10.3. The second kappa shape index (κ2) is 8.04. The quantitative estimate of drug-likeness (QED) is 0.745. The van der Waals surface area contributed by atoms with Gasteiger partial charge in [0, 0.05) is 18.5 Å². The number of carboxylic acids is 1. The van der Waals surface area contributed by atoms with Crippen molar-refractivity contribution in [3.63, 3.8) is 0 Å². The monoisotopic (exact) mass is 316 g/mol. The third kappa shape index (κ3) is 5.73. The van der Waals surface area contributed by atoms with Crippen LogP contribution in [0, 0.1) is 0 Å². The Bertz CT molecular complexity index is 490. The summed E-state index contributed by atoms with van der Waals surface area (Å²) in [5, 5.41) is 8.79. The summed E-state index contributed by atoms with van der Waals surface area (Å²) in [6, 6.07) is 3.66. The smallest absolute Gasteiger partial charge is 0.317 e. The number of hydrogen-bond acceptors (Lipinski definition) is 4. The Morgan fingerprint density at radius 1 is 1.45 bits per heavy atom. The van der Waals surface area contributed by atoms with Crippen LogP contribution in [-0.2, 0) is 16.1 Å². The first-order valence-electron chi connectivity index (χ1n) is 5.95. The average molecular weight is 317 g/mol. The molecule has 0 radical (unpaired) electrons. The number of carbonyl (C=O) groups excluding carboxylic acids is 1. The maximum Gasteiger partial charge on any atom is 0.317 e. The fourth-order valence-corrected chi connectivity index (χ4v) is 2.77. The van der Waals surface area contributed by atoms with E-state index < -0.39 is 5.97 Å². The van der Waals surface area contributed by atoms with Gasteiger partial charge in [-0.25, -0.2) is 0 Å². The van der Waals surface area contributed by atoms with Crippen LogP contribution in [0.3, 0.4) is 0 Å². The Morgan fingerprint density at radius 3 is 2.65 bits per heavy atom. The molecule has 5 nitrogen and oxygen atoms in total. The summed E-state index contributed by atoms with van der Waals surface area (Å²) in [7, 11) is 1.68. The van der Waals surface area contributed by atoms with Crippen molar-refractivity contribution >= 4 is 34.8 Å². The highest BCUT2D eigenvalue weighted by molar-refractivity contribution is 7.16. The van der Waals surface area contributed by atoms with E-state index in [0.29, 0.717) is 17.4 Å². The lowest BCUT2D eigenvalue weighted by Crippen LogP contribution is -2.40. The van der Waals surface area contributed by atoms with Gasteiger partial charge in [0.1, 0.15) is 0 Å². The van der Waals surface area contributed by atoms with Gasteiger partial charge in [-0.15, -0.1) is 17.9 Å². The molecule has 1 amide bonds. The number of likely N-dealkylation sites (N-methyl/N-ethyl adjacent to an activating group) is 1. The van der Waals surface area contributed by atoms with Gasteiger partial charge >= 0.3 is 5.97 Å². The number of nitrogens with zero attached hydrogens (tertiary/aromatic N) is 2. The van der Waals surface area contributed by atoms with Gasteiger partial charge in [0.15, 0.2) is 0 Å². The van der Waals surface area contributed by atoms with E-state index in [1.807, 2.05) is 6.07 Å². The molecule has 0 aliphatic carbocycles. The molecule has 0 aliphatic heterocycles. The van der Waals surface area contributed by atoms with Crippen molar-refractivity contribution in [2.24, 2.45) is 0 Å². The van der Waals surface area contributed by atoms with Crippen molar-refractivity contribution < 1.29 is 14.7 Å². The molecule has 0 saturated carbocycles. The Hall–Kier alpha value is -1.37. The van der Waals surface area contributed by atoms with E-state index in [2.05, 4.69) is 6.58 Å². The van der Waals surface area contributed by atoms with Crippen molar-refractivity contribution in [3.8, 4) is 0 Å². The van der Waals surface area contributed by atoms with Crippen LogP contribution in [0.2, 0.25) is 4.34 Å². The molecule has 1 heterocycles. The van der Waals surface area contributed by atoms with Gasteiger partial charge in [-0.2, -0.15) is 0 Å². The summed E-state index contributed by atoms with van der Waals surface area (Å²) < 4.78 is 0.681. The van der Waals surface area contributed by atoms with Gasteiger partial charge < -0.3 is 10.0 Å². The minimum Gasteiger partial charge on any atom is -0.480 e. The maximum atomic E-state index is 12.0. The number of thiophene rings is 1. The van der Waals surface area contributed by atoms with Crippen LogP contribution in [0.15, 0.2) is 24.8 Å². The van der Waals surface area contributed by atoms with E-state index >= 15 is 0 Å². The van der Waals surface area contributed by atoms with Crippen LogP contribution >= 0.6 is 22.9 Å². The second-order valence-electron chi connectivity index (χ2n) is 4.31. The molecule has 0 bridgehead atoms. The van der Waals surface area contributed by atoms with Gasteiger partial charge in [0.2, 0.25) is 5.91 Å². The van der Waals surface area contributed by atoms with Crippen LogP contribution in [0.5, 0.6) is 0 Å². The molecule has 110 valence electrons. The van der Waals surface area contributed by atoms with Crippen molar-refractivity contribution in [2.75, 3.05) is 26.7 Å². The zero-order valence-corrected chi connectivity index (χ0v) is 12.8. The SMILES string of the molecule is C=CCN(CC(=O)O)CC(=O)N(C)Cc1ccc(Cl)s1. The highest BCUT2D eigenvalue weighted by Gasteiger charge is 2.16. The van der Waals surface area contributed by atoms with E-state index in [4.69, 9.17) is 16.7 Å². The van der Waals surface area contributed by atoms with E-state index in [9.17, 15) is 9.59 Å². The number of rotatable bonds is 8. The summed E-state index contributed by atoms with van der Waals surface area (Å²) in [5.74, 6) is -1.11. The van der Waals surface area contributed by atoms with Crippen molar-refractivity contribution in [2.45, 2.75) is 6.54 Å². The second-order valence-corrected chi connectivity index (χ2v) is 6.11. The van der Waals surface area contributed by atoms with Crippen molar-refractivity contribution in [1.29, 1.82) is 0 Å². The van der Waals surface area contributed by atoms with Gasteiger partial charge in [-0.1, -0.05) is 17.7 Å². The van der Waals surface area contributed by atoms with Crippen molar-refractivity contribution in [1.82, 2.24) is 9.80 Å². The number of amides is 1. The van der Waals surface area contributed by atoms with Gasteiger partial charge in [-0.3, -0.25) is 14.5 Å². The number of carboxylic acid groups (broad SMARTS) is 1. The molecule has 0 aromatic carbocycles. The first-order valence-corrected chi connectivity index (χ1v) is 7.15. The predicted octanol–water partition coefficient (Wildman–Crippen LogP) is 1.93. The summed E-state index contributed by atoms with van der Waals surface area (Å²) in [6.45, 7) is 4.24. The summed E-state index contributed by atoms with van der Waals surface area (Å²) in [6.07, 6.45) is 1.58. The zero-order valence-electron chi connectivity index (χ0n) is 11.2. The minimum atomic E-state index is -0.965. The molecule has 1 N–H and O–H groups in total. The molecule has 1 rings (SSSR count). The molecule has 7 heteroatoms. The van der Waals surface area contributed by atoms with E-state index in [1.54, 1.807) is 24.1 Å². The minimum absolute atomic E-state index is 0.0495. The third-order valence-electron chi connectivity index (χ3n) is 2.55. The van der Waals surface area contributed by atoms with Crippen LogP contribution in [0.25, 0.3) is 0 Å². The number of halogens is 1. The van der Waals surface area contributed by atoms with Crippen LogP contribution in [-0.4, -0.2) is 53.5 Å². The van der Waals surface area contributed by atoms with Crippen LogP contribution in [0.4, 0.5) is 0 Å². The highest BCUT2D eigenvalue weighted by Crippen LogP contribution is 2.22. The molecule has 0 aliphatic rings. The summed E-state index contributed by atoms with van der Waals surface area (Å²) in [5.41, 5.74) is 0. The van der Waals surface area contributed by atoms with E-state index in [-0.39, 0.29) is 19.0 Å². The maximum absolute atomic E-state index is 12.0. The predicted molar refractivity (Wildman–Crippen MR) is 80.1 cm³/mol. The van der Waals surface area contributed by atoms with Gasteiger partial charge in [0.25, 0.3) is 0 Å².